The van der Waals surface area contributed by atoms with Gasteiger partial charge < -0.3 is 5.73 Å². The minimum atomic E-state index is -2.79. The van der Waals surface area contributed by atoms with Crippen molar-refractivity contribution in [3.8, 4) is 6.07 Å². The van der Waals surface area contributed by atoms with E-state index in [0.717, 1.165) is 6.42 Å². The highest BCUT2D eigenvalue weighted by atomic mass is 32.2. The Morgan fingerprint density at radius 1 is 1.36 bits per heavy atom. The van der Waals surface area contributed by atoms with E-state index in [1.165, 1.54) is 18.3 Å². The van der Waals surface area contributed by atoms with Crippen LogP contribution in [-0.2, 0) is 21.7 Å². The van der Waals surface area contributed by atoms with E-state index < -0.39 is 25.8 Å². The molecule has 0 saturated carbocycles. The van der Waals surface area contributed by atoms with E-state index in [1.54, 1.807) is 19.9 Å². The molecule has 4 rings (SSSR count). The Kier molecular flexibility index (Phi) is 5.56. The van der Waals surface area contributed by atoms with Crippen LogP contribution >= 0.6 is 0 Å². The molecule has 2 aromatic rings. The molecule has 172 valence electrons. The van der Waals surface area contributed by atoms with Crippen LogP contribution in [0.15, 0.2) is 33.8 Å². The fourth-order valence-electron chi connectivity index (χ4n) is 4.48. The molecule has 0 saturated heterocycles. The molecule has 4 heterocycles. The molecule has 0 unspecified atom stereocenters. The quantitative estimate of drug-likeness (QED) is 0.686. The zero-order chi connectivity index (χ0) is 24.0. The topological polar surface area (TPSA) is 134 Å². The smallest absolute Gasteiger partial charge is 0.187 e. The second-order valence-electron chi connectivity index (χ2n) is 8.98. The fourth-order valence-corrected chi connectivity index (χ4v) is 7.40. The van der Waals surface area contributed by atoms with Gasteiger partial charge in [0.15, 0.2) is 5.78 Å². The Morgan fingerprint density at radius 2 is 2.12 bits per heavy atom. The zero-order valence-electron chi connectivity index (χ0n) is 18.8. The number of amidine groups is 1. The Labute approximate surface area is 192 Å². The minimum Gasteiger partial charge on any atom is -0.386 e. The van der Waals surface area contributed by atoms with Crippen molar-refractivity contribution in [1.29, 1.82) is 5.26 Å². The molecular formula is C23H25FN6O2S. The molecule has 3 atom stereocenters. The summed E-state index contributed by atoms with van der Waals surface area (Å²) in [7, 11) is -2.79. The van der Waals surface area contributed by atoms with Crippen molar-refractivity contribution < 1.29 is 13.4 Å². The van der Waals surface area contributed by atoms with Crippen LogP contribution in [-0.4, -0.2) is 42.8 Å². The van der Waals surface area contributed by atoms with Crippen LogP contribution in [0.25, 0.3) is 0 Å². The summed E-state index contributed by atoms with van der Waals surface area (Å²) in [4.78, 5) is 25.9. The van der Waals surface area contributed by atoms with Crippen molar-refractivity contribution in [3.63, 3.8) is 0 Å². The predicted octanol–water partition coefficient (Wildman–Crippen LogP) is 2.83. The van der Waals surface area contributed by atoms with Crippen molar-refractivity contribution in [2.45, 2.75) is 50.3 Å². The third-order valence-electron chi connectivity index (χ3n) is 6.43. The molecule has 0 aromatic carbocycles. The summed E-state index contributed by atoms with van der Waals surface area (Å²) in [5, 5.41) is 8.99. The van der Waals surface area contributed by atoms with Gasteiger partial charge in [0.2, 0.25) is 0 Å². The van der Waals surface area contributed by atoms with E-state index in [9.17, 15) is 13.4 Å². The number of aromatic nitrogens is 2. The normalized spacial score (nSPS) is 28.8. The lowest BCUT2D eigenvalue weighted by Gasteiger charge is -2.43. The molecule has 8 nitrogen and oxygen atoms in total. The summed E-state index contributed by atoms with van der Waals surface area (Å²) < 4.78 is 32.3. The van der Waals surface area contributed by atoms with Gasteiger partial charge in [-0.1, -0.05) is 0 Å². The number of nitrogens with zero attached hydrogens (tertiary/aromatic N) is 5. The van der Waals surface area contributed by atoms with Gasteiger partial charge in [0.05, 0.1) is 27.5 Å². The van der Waals surface area contributed by atoms with E-state index in [-0.39, 0.29) is 35.2 Å². The van der Waals surface area contributed by atoms with Crippen LogP contribution in [0, 0.1) is 24.1 Å². The van der Waals surface area contributed by atoms with Crippen LogP contribution in [0.4, 0.5) is 4.39 Å². The number of halogens is 1. The molecule has 0 aliphatic carbocycles. The van der Waals surface area contributed by atoms with Gasteiger partial charge in [0.25, 0.3) is 0 Å². The van der Waals surface area contributed by atoms with E-state index >= 15 is 0 Å². The largest absolute Gasteiger partial charge is 0.386 e. The summed E-state index contributed by atoms with van der Waals surface area (Å²) in [5.74, 6) is -0.709. The number of rotatable bonds is 4. The number of fused-ring (bicyclic) bond motifs is 1. The molecule has 33 heavy (non-hydrogen) atoms. The summed E-state index contributed by atoms with van der Waals surface area (Å²) in [6.45, 7) is 5.63. The second-order valence-corrected chi connectivity index (χ2v) is 11.7. The lowest BCUT2D eigenvalue weighted by Crippen LogP contribution is -2.57. The molecule has 2 aliphatic heterocycles. The van der Waals surface area contributed by atoms with Crippen LogP contribution in [0.1, 0.15) is 59.7 Å². The monoisotopic (exact) mass is 468 g/mol. The standard InChI is InChI=1S/C23H25FN6O2S/c1-14-9-15(11-25)12-27-19(14)18(31)10-16-5-6-17(24)20(29-16)22(2)13-33(32)23(3,21(26)30-22)7-4-8-28-33/h5-6,9,12H,4,7-8,10,13H2,1-3H3,(H2,26,30)/t22-,23+,33+/m0/s1. The van der Waals surface area contributed by atoms with Crippen molar-refractivity contribution in [2.75, 3.05) is 12.3 Å². The van der Waals surface area contributed by atoms with Gasteiger partial charge in [-0.2, -0.15) is 5.26 Å². The maximum atomic E-state index is 15.0. The molecule has 10 heteroatoms. The molecule has 0 amide bonds. The van der Waals surface area contributed by atoms with E-state index in [2.05, 4.69) is 19.3 Å². The van der Waals surface area contributed by atoms with Gasteiger partial charge in [-0.25, -0.2) is 13.0 Å². The summed E-state index contributed by atoms with van der Waals surface area (Å²) in [5.41, 5.74) is 6.51. The van der Waals surface area contributed by atoms with Crippen molar-refractivity contribution in [1.82, 2.24) is 9.97 Å². The zero-order valence-corrected chi connectivity index (χ0v) is 19.6. The number of nitriles is 1. The van der Waals surface area contributed by atoms with Crippen LogP contribution in [0.2, 0.25) is 0 Å². The van der Waals surface area contributed by atoms with Gasteiger partial charge in [-0.3, -0.25) is 19.8 Å². The third-order valence-corrected chi connectivity index (χ3v) is 9.80. The number of hydrogen-bond acceptors (Lipinski definition) is 8. The molecular weight excluding hydrogens is 443 g/mol. The first-order valence-electron chi connectivity index (χ1n) is 10.6. The minimum absolute atomic E-state index is 0.00851. The van der Waals surface area contributed by atoms with Crippen molar-refractivity contribution in [3.05, 3.63) is 58.4 Å². The van der Waals surface area contributed by atoms with Crippen molar-refractivity contribution in [2.24, 2.45) is 15.1 Å². The number of Topliss-reactive ketones (excluding diaryl/α,β-unsaturated/α-hetero) is 1. The number of aliphatic imine (C=N–C) groups is 1. The fraction of sp³-hybridized carbons (Fsp3) is 0.435. The van der Waals surface area contributed by atoms with Crippen molar-refractivity contribution >= 4 is 21.3 Å². The number of carbonyl (C=O) groups is 1. The molecule has 0 radical (unpaired) electrons. The average molecular weight is 469 g/mol. The predicted molar refractivity (Wildman–Crippen MR) is 123 cm³/mol. The number of hydrogen-bond donors (Lipinski definition) is 1. The van der Waals surface area contributed by atoms with Crippen LogP contribution in [0.5, 0.6) is 0 Å². The van der Waals surface area contributed by atoms with Crippen LogP contribution in [0.3, 0.4) is 0 Å². The Hall–Kier alpha value is -3.19. The lowest BCUT2D eigenvalue weighted by atomic mass is 9.96. The first kappa shape index (κ1) is 23.0. The number of nitrogens with two attached hydrogens (primary N) is 1. The second kappa shape index (κ2) is 7.99. The molecule has 2 N–H and O–H groups in total. The van der Waals surface area contributed by atoms with Gasteiger partial charge in [-0.15, -0.1) is 0 Å². The molecule has 2 aromatic heterocycles. The summed E-state index contributed by atoms with van der Waals surface area (Å²) in [6.07, 6.45) is 2.61. The number of aryl methyl sites for hydroxylation is 1. The summed E-state index contributed by atoms with van der Waals surface area (Å²) >= 11 is 0. The Bertz CT molecular complexity index is 1360. The molecule has 0 bridgehead atoms. The molecule has 2 aliphatic rings. The number of carbonyl (C=O) groups excluding carboxylic acids is 1. The maximum absolute atomic E-state index is 15.0. The summed E-state index contributed by atoms with van der Waals surface area (Å²) in [6, 6.07) is 6.24. The van der Waals surface area contributed by atoms with Gasteiger partial charge in [0, 0.05) is 18.4 Å². The number of ketones is 1. The van der Waals surface area contributed by atoms with Gasteiger partial charge in [0.1, 0.15) is 39.4 Å². The van der Waals surface area contributed by atoms with Gasteiger partial charge >= 0.3 is 0 Å². The molecule has 0 spiro atoms. The lowest BCUT2D eigenvalue weighted by molar-refractivity contribution is 0.0986. The van der Waals surface area contributed by atoms with E-state index in [4.69, 9.17) is 11.0 Å². The SMILES string of the molecule is Cc1cc(C#N)cnc1C(=O)Cc1ccc(F)c([C@]2(C)C[S@]3(=O)=NCCC[C@]3(C)C(N)=N2)n1. The van der Waals surface area contributed by atoms with Crippen LogP contribution < -0.4 is 5.73 Å². The maximum Gasteiger partial charge on any atom is 0.187 e. The third kappa shape index (κ3) is 3.80. The Balaban J connectivity index is 1.70. The van der Waals surface area contributed by atoms with E-state index in [1.807, 2.05) is 13.0 Å². The number of pyridine rings is 2. The molecule has 0 fully saturated rings. The highest BCUT2D eigenvalue weighted by Gasteiger charge is 2.51. The Morgan fingerprint density at radius 3 is 2.82 bits per heavy atom. The first-order chi connectivity index (χ1) is 15.5. The highest BCUT2D eigenvalue weighted by molar-refractivity contribution is 7.95. The van der Waals surface area contributed by atoms with Gasteiger partial charge in [-0.05, 0) is 57.4 Å². The van der Waals surface area contributed by atoms with E-state index in [0.29, 0.717) is 29.8 Å². The highest BCUT2D eigenvalue weighted by Crippen LogP contribution is 2.41. The first-order valence-corrected chi connectivity index (χ1v) is 12.3. The average Bonchev–Trinajstić information content (AvgIpc) is 2.76.